The van der Waals surface area contributed by atoms with Crippen LogP contribution < -0.4 is 15.4 Å². The van der Waals surface area contributed by atoms with E-state index in [1.807, 2.05) is 59.3 Å². The Morgan fingerprint density at radius 1 is 0.904 bits per heavy atom. The molecule has 0 aromatic heterocycles. The molecule has 1 aliphatic heterocycles. The van der Waals surface area contributed by atoms with Crippen molar-refractivity contribution in [1.29, 1.82) is 0 Å². The molecular formula is C37H48F2N4O8S. The van der Waals surface area contributed by atoms with Crippen LogP contribution in [0.1, 0.15) is 72.8 Å². The number of alkyl carbamates (subject to hydrolysis) is 1. The molecule has 5 rings (SSSR count). The van der Waals surface area contributed by atoms with E-state index in [0.29, 0.717) is 18.4 Å². The van der Waals surface area contributed by atoms with E-state index in [1.54, 1.807) is 41.5 Å². The summed E-state index contributed by atoms with van der Waals surface area (Å²) in [6.07, 6.45) is -3.88. The first kappa shape index (κ1) is 39.1. The molecule has 52 heavy (non-hydrogen) atoms. The number of halogens is 2. The van der Waals surface area contributed by atoms with Crippen molar-refractivity contribution in [3.8, 4) is 11.1 Å². The van der Waals surface area contributed by atoms with Gasteiger partial charge < -0.3 is 25.0 Å². The number of carbonyl (C=O) groups is 4. The molecule has 2 aromatic rings. The average Bonchev–Trinajstić information content (AvgIpc) is 3.99. The first-order chi connectivity index (χ1) is 24.1. The highest BCUT2D eigenvalue weighted by Gasteiger charge is 2.67. The van der Waals surface area contributed by atoms with Gasteiger partial charge in [0.25, 0.3) is 5.91 Å². The van der Waals surface area contributed by atoms with E-state index in [-0.39, 0.29) is 13.0 Å². The van der Waals surface area contributed by atoms with Crippen LogP contribution in [-0.4, -0.2) is 85.7 Å². The summed E-state index contributed by atoms with van der Waals surface area (Å²) in [6, 6.07) is 14.4. The van der Waals surface area contributed by atoms with Crippen LogP contribution in [0.4, 0.5) is 13.6 Å². The van der Waals surface area contributed by atoms with E-state index in [4.69, 9.17) is 9.47 Å². The molecular weight excluding hydrogens is 698 g/mol. The van der Waals surface area contributed by atoms with E-state index in [0.717, 1.165) is 11.1 Å². The Hall–Kier alpha value is -4.11. The summed E-state index contributed by atoms with van der Waals surface area (Å²) < 4.78 is 66.9. The lowest BCUT2D eigenvalue weighted by Gasteiger charge is -2.36. The molecule has 4 amide bonds. The molecule has 2 aliphatic carbocycles. The number of rotatable bonds is 11. The second-order valence-corrected chi connectivity index (χ2v) is 18.0. The van der Waals surface area contributed by atoms with Crippen molar-refractivity contribution in [2.45, 2.75) is 108 Å². The molecule has 3 fully saturated rings. The second-order valence-electron chi connectivity index (χ2n) is 16.1. The molecule has 3 aliphatic rings. The van der Waals surface area contributed by atoms with Crippen LogP contribution in [0.3, 0.4) is 0 Å². The summed E-state index contributed by atoms with van der Waals surface area (Å²) in [7, 11) is -2.69. The second kappa shape index (κ2) is 14.0. The molecule has 284 valence electrons. The fourth-order valence-electron chi connectivity index (χ4n) is 6.69. The molecule has 1 heterocycles. The smallest absolute Gasteiger partial charge is 0.408 e. The van der Waals surface area contributed by atoms with Gasteiger partial charge in [-0.3, -0.25) is 19.1 Å². The van der Waals surface area contributed by atoms with E-state index in [1.165, 1.54) is 12.0 Å². The van der Waals surface area contributed by atoms with Crippen molar-refractivity contribution in [3.05, 3.63) is 60.2 Å². The first-order valence-electron chi connectivity index (χ1n) is 17.3. The van der Waals surface area contributed by atoms with Crippen molar-refractivity contribution < 1.29 is 45.9 Å². The van der Waals surface area contributed by atoms with Gasteiger partial charge in [0, 0.05) is 13.5 Å². The molecule has 3 N–H and O–H groups in total. The molecule has 2 saturated carbocycles. The Kier molecular flexibility index (Phi) is 10.6. The van der Waals surface area contributed by atoms with E-state index in [2.05, 4.69) is 10.6 Å². The SMILES string of the molecule is CO[C@@]1(c2ccc(-c3ccccc3)cc2)CC(C(=O)N[C@@]2(C(=O)NS(=O)(=O)C3CC3)C[C@@H]2C(F)F)N(C(=O)[C@@H](NC(=O)OC(C)(C)C)C(C)(C)C)C1. The average molecular weight is 747 g/mol. The Balaban J connectivity index is 1.51. The topological polar surface area (TPSA) is 160 Å². The number of carbonyl (C=O) groups excluding carboxylic acids is 4. The fourth-order valence-corrected chi connectivity index (χ4v) is 8.05. The number of alkyl halides is 2. The quantitative estimate of drug-likeness (QED) is 0.304. The zero-order valence-electron chi connectivity index (χ0n) is 30.5. The van der Waals surface area contributed by atoms with Gasteiger partial charge >= 0.3 is 6.09 Å². The third-order valence-corrected chi connectivity index (χ3v) is 11.7. The van der Waals surface area contributed by atoms with Gasteiger partial charge in [-0.1, -0.05) is 75.4 Å². The van der Waals surface area contributed by atoms with Crippen LogP contribution in [0.25, 0.3) is 11.1 Å². The van der Waals surface area contributed by atoms with Gasteiger partial charge in [0.15, 0.2) is 0 Å². The number of benzene rings is 2. The maximum atomic E-state index is 14.6. The van der Waals surface area contributed by atoms with E-state index >= 15 is 0 Å². The Bertz CT molecular complexity index is 1790. The molecule has 2 aromatic carbocycles. The lowest BCUT2D eigenvalue weighted by Crippen LogP contribution is -2.60. The third-order valence-electron chi connectivity index (χ3n) is 9.86. The molecule has 15 heteroatoms. The molecule has 0 bridgehead atoms. The summed E-state index contributed by atoms with van der Waals surface area (Å²) >= 11 is 0. The fraction of sp³-hybridized carbons (Fsp3) is 0.568. The van der Waals surface area contributed by atoms with Crippen LogP contribution in [0.15, 0.2) is 54.6 Å². The number of nitrogens with zero attached hydrogens (tertiary/aromatic N) is 1. The summed E-state index contributed by atoms with van der Waals surface area (Å²) in [5, 5.41) is 4.29. The largest absolute Gasteiger partial charge is 0.444 e. The maximum Gasteiger partial charge on any atom is 0.408 e. The monoisotopic (exact) mass is 746 g/mol. The standard InChI is InChI=1S/C37H48F2N4O8S/c1-34(2,3)28(40-33(47)51-35(4,5)6)31(45)43-21-36(50-7,24-15-13-23(14-16-24)22-11-9-8-10-12-22)20-27(43)30(44)41-37(19-26(37)29(38)39)32(46)42-52(48,49)25-17-18-25/h8-16,25-29H,17-21H2,1-7H3,(H,40,47)(H,41,44)(H,42,46)/t26-,27?,28-,36+,37+/m1/s1. The Morgan fingerprint density at radius 2 is 1.50 bits per heavy atom. The van der Waals surface area contributed by atoms with Crippen LogP contribution in [0.5, 0.6) is 0 Å². The zero-order valence-corrected chi connectivity index (χ0v) is 31.3. The number of hydrogen-bond acceptors (Lipinski definition) is 8. The Labute approximate surface area is 303 Å². The van der Waals surface area contributed by atoms with Crippen molar-refractivity contribution in [3.63, 3.8) is 0 Å². The minimum absolute atomic E-state index is 0.146. The predicted molar refractivity (Wildman–Crippen MR) is 188 cm³/mol. The van der Waals surface area contributed by atoms with Gasteiger partial charge in [-0.05, 0) is 62.1 Å². The highest BCUT2D eigenvalue weighted by atomic mass is 32.2. The molecule has 12 nitrogen and oxygen atoms in total. The highest BCUT2D eigenvalue weighted by Crippen LogP contribution is 2.49. The number of ether oxygens (including phenoxy) is 2. The lowest BCUT2D eigenvalue weighted by molar-refractivity contribution is -0.143. The zero-order chi connectivity index (χ0) is 38.4. The maximum absolute atomic E-state index is 14.6. The van der Waals surface area contributed by atoms with Gasteiger partial charge in [-0.15, -0.1) is 0 Å². The number of amides is 4. The van der Waals surface area contributed by atoms with Gasteiger partial charge in [-0.2, -0.15) is 0 Å². The van der Waals surface area contributed by atoms with Crippen molar-refractivity contribution in [2.75, 3.05) is 13.7 Å². The molecule has 0 spiro atoms. The minimum atomic E-state index is -4.12. The van der Waals surface area contributed by atoms with E-state index in [9.17, 15) is 36.4 Å². The van der Waals surface area contributed by atoms with Gasteiger partial charge in [-0.25, -0.2) is 22.0 Å². The number of likely N-dealkylation sites (tertiary alicyclic amines) is 1. The van der Waals surface area contributed by atoms with Crippen LogP contribution in [-0.2, 0) is 39.5 Å². The first-order valence-corrected chi connectivity index (χ1v) is 18.8. The molecule has 1 saturated heterocycles. The molecule has 1 unspecified atom stereocenters. The van der Waals surface area contributed by atoms with Crippen LogP contribution in [0, 0.1) is 11.3 Å². The van der Waals surface area contributed by atoms with Crippen LogP contribution in [0.2, 0.25) is 0 Å². The highest BCUT2D eigenvalue weighted by molar-refractivity contribution is 7.91. The Morgan fingerprint density at radius 3 is 2.00 bits per heavy atom. The molecule has 5 atom stereocenters. The number of sulfonamides is 1. The summed E-state index contributed by atoms with van der Waals surface area (Å²) in [5.41, 5.74) is -2.78. The predicted octanol–water partition coefficient (Wildman–Crippen LogP) is 4.48. The molecule has 0 radical (unpaired) electrons. The van der Waals surface area contributed by atoms with Gasteiger partial charge in [0.05, 0.1) is 17.7 Å². The van der Waals surface area contributed by atoms with Crippen molar-refractivity contribution >= 4 is 33.8 Å². The minimum Gasteiger partial charge on any atom is -0.444 e. The van der Waals surface area contributed by atoms with E-state index < -0.39 is 92.1 Å². The normalized spacial score (nSPS) is 25.3. The third kappa shape index (κ3) is 8.25. The van der Waals surface area contributed by atoms with Gasteiger partial charge in [0.1, 0.15) is 28.8 Å². The van der Waals surface area contributed by atoms with Crippen molar-refractivity contribution in [2.24, 2.45) is 11.3 Å². The van der Waals surface area contributed by atoms with Gasteiger partial charge in [0.2, 0.25) is 28.3 Å². The summed E-state index contributed by atoms with van der Waals surface area (Å²) in [4.78, 5) is 56.5. The summed E-state index contributed by atoms with van der Waals surface area (Å²) in [6.45, 7) is 10.0. The summed E-state index contributed by atoms with van der Waals surface area (Å²) in [5.74, 6) is -4.51. The lowest BCUT2D eigenvalue weighted by atomic mass is 9.85. The van der Waals surface area contributed by atoms with Crippen molar-refractivity contribution in [1.82, 2.24) is 20.3 Å². The number of methoxy groups -OCH3 is 1. The number of hydrogen-bond donors (Lipinski definition) is 3. The van der Waals surface area contributed by atoms with Crippen LogP contribution >= 0.6 is 0 Å². The number of nitrogens with one attached hydrogen (secondary N) is 3.